The highest BCUT2D eigenvalue weighted by Gasteiger charge is 1.92. The molecule has 2 aromatic carbocycles. The molecule has 0 heterocycles. The van der Waals surface area contributed by atoms with E-state index in [-0.39, 0.29) is 0 Å². The molecule has 17 heavy (non-hydrogen) atoms. The van der Waals surface area contributed by atoms with Crippen LogP contribution in [0.2, 0.25) is 5.02 Å². The van der Waals surface area contributed by atoms with Gasteiger partial charge < -0.3 is 22.9 Å². The number of hydrogen-bond acceptors (Lipinski definition) is 4. The van der Waals surface area contributed by atoms with E-state index in [1.54, 1.807) is 36.4 Å². The predicted octanol–water partition coefficient (Wildman–Crippen LogP) is 2.36. The van der Waals surface area contributed by atoms with Crippen molar-refractivity contribution in [2.75, 3.05) is 22.9 Å². The summed E-state index contributed by atoms with van der Waals surface area (Å²) in [6.45, 7) is 0. The standard InChI is InChI=1S/C6H7ClN2.C6H8N2/c7-5-3-4(8)1-2-6(5)9;7-5-2-1-3-6(8)4-5/h1-3H,8-9H2;1-4H,7-8H2. The van der Waals surface area contributed by atoms with Crippen LogP contribution in [-0.4, -0.2) is 0 Å². The first-order valence-electron chi connectivity index (χ1n) is 4.90. The summed E-state index contributed by atoms with van der Waals surface area (Å²) in [6.07, 6.45) is 0. The molecular weight excluding hydrogens is 236 g/mol. The first-order chi connectivity index (χ1) is 7.99. The van der Waals surface area contributed by atoms with Gasteiger partial charge >= 0.3 is 0 Å². The Balaban J connectivity index is 0.000000171. The first kappa shape index (κ1) is 13.0. The molecule has 90 valence electrons. The first-order valence-corrected chi connectivity index (χ1v) is 5.28. The van der Waals surface area contributed by atoms with E-state index in [2.05, 4.69) is 0 Å². The van der Waals surface area contributed by atoms with Gasteiger partial charge in [0.15, 0.2) is 0 Å². The monoisotopic (exact) mass is 250 g/mol. The van der Waals surface area contributed by atoms with Crippen molar-refractivity contribution >= 4 is 34.4 Å². The number of nitrogen functional groups attached to an aromatic ring is 4. The second-order valence-corrected chi connectivity index (χ2v) is 3.86. The lowest BCUT2D eigenvalue weighted by Crippen LogP contribution is -1.88. The molecule has 0 unspecified atom stereocenters. The van der Waals surface area contributed by atoms with E-state index < -0.39 is 0 Å². The van der Waals surface area contributed by atoms with Crippen LogP contribution in [0.1, 0.15) is 0 Å². The van der Waals surface area contributed by atoms with Gasteiger partial charge in [-0.15, -0.1) is 0 Å². The summed E-state index contributed by atoms with van der Waals surface area (Å²) in [5, 5.41) is 0.509. The lowest BCUT2D eigenvalue weighted by atomic mass is 10.3. The highest BCUT2D eigenvalue weighted by molar-refractivity contribution is 6.33. The van der Waals surface area contributed by atoms with Crippen LogP contribution in [0.15, 0.2) is 42.5 Å². The van der Waals surface area contributed by atoms with Crippen molar-refractivity contribution in [2.24, 2.45) is 0 Å². The molecule has 0 atom stereocenters. The maximum absolute atomic E-state index is 5.61. The smallest absolute Gasteiger partial charge is 0.0655 e. The minimum absolute atomic E-state index is 0.509. The molecule has 2 aromatic rings. The molecule has 0 amide bonds. The van der Waals surface area contributed by atoms with Gasteiger partial charge in [0.25, 0.3) is 0 Å². The van der Waals surface area contributed by atoms with Gasteiger partial charge in [-0.05, 0) is 36.4 Å². The Labute approximate surface area is 105 Å². The van der Waals surface area contributed by atoms with Crippen molar-refractivity contribution in [3.63, 3.8) is 0 Å². The second kappa shape index (κ2) is 5.86. The minimum atomic E-state index is 0.509. The third-order valence-corrected chi connectivity index (χ3v) is 2.26. The van der Waals surface area contributed by atoms with Gasteiger partial charge in [0.05, 0.1) is 10.7 Å². The Morgan fingerprint density at radius 2 is 1.24 bits per heavy atom. The molecule has 0 fully saturated rings. The number of benzene rings is 2. The Hall–Kier alpha value is -2.07. The number of hydrogen-bond donors (Lipinski definition) is 4. The summed E-state index contributed by atoms with van der Waals surface area (Å²) in [4.78, 5) is 0. The lowest BCUT2D eigenvalue weighted by molar-refractivity contribution is 1.66. The fourth-order valence-corrected chi connectivity index (χ4v) is 1.29. The third kappa shape index (κ3) is 4.53. The summed E-state index contributed by atoms with van der Waals surface area (Å²) in [7, 11) is 0. The fourth-order valence-electron chi connectivity index (χ4n) is 1.10. The molecule has 0 aliphatic rings. The van der Waals surface area contributed by atoms with Gasteiger partial charge in [0, 0.05) is 17.1 Å². The molecule has 0 aliphatic heterocycles. The van der Waals surface area contributed by atoms with Crippen molar-refractivity contribution in [1.82, 2.24) is 0 Å². The van der Waals surface area contributed by atoms with Gasteiger partial charge in [-0.1, -0.05) is 17.7 Å². The van der Waals surface area contributed by atoms with E-state index in [0.29, 0.717) is 27.8 Å². The summed E-state index contributed by atoms with van der Waals surface area (Å²) < 4.78 is 0. The fraction of sp³-hybridized carbons (Fsp3) is 0. The number of anilines is 4. The average Bonchev–Trinajstić information content (AvgIpc) is 2.24. The highest BCUT2D eigenvalue weighted by Crippen LogP contribution is 2.20. The van der Waals surface area contributed by atoms with Crippen LogP contribution in [0.25, 0.3) is 0 Å². The molecular formula is C12H15ClN4. The van der Waals surface area contributed by atoms with Crippen LogP contribution >= 0.6 is 11.6 Å². The summed E-state index contributed by atoms with van der Waals surface area (Å²) in [5.41, 5.74) is 24.2. The van der Waals surface area contributed by atoms with Crippen molar-refractivity contribution < 1.29 is 0 Å². The molecule has 0 saturated carbocycles. The zero-order valence-corrected chi connectivity index (χ0v) is 9.98. The summed E-state index contributed by atoms with van der Waals surface area (Å²) in [5.74, 6) is 0. The molecule has 0 aliphatic carbocycles. The molecule has 0 aromatic heterocycles. The van der Waals surface area contributed by atoms with Gasteiger partial charge in [-0.25, -0.2) is 0 Å². The van der Waals surface area contributed by atoms with Crippen LogP contribution in [0, 0.1) is 0 Å². The van der Waals surface area contributed by atoms with Gasteiger partial charge in [-0.2, -0.15) is 0 Å². The molecule has 8 N–H and O–H groups in total. The predicted molar refractivity (Wildman–Crippen MR) is 75.5 cm³/mol. The van der Waals surface area contributed by atoms with Crippen LogP contribution < -0.4 is 22.9 Å². The van der Waals surface area contributed by atoms with Crippen molar-refractivity contribution in [3.8, 4) is 0 Å². The van der Waals surface area contributed by atoms with E-state index >= 15 is 0 Å². The van der Waals surface area contributed by atoms with E-state index in [0.717, 1.165) is 0 Å². The van der Waals surface area contributed by atoms with Gasteiger partial charge in [0.1, 0.15) is 0 Å². The second-order valence-electron chi connectivity index (χ2n) is 3.45. The normalized spacial score (nSPS) is 9.24. The Kier molecular flexibility index (Phi) is 4.48. The molecule has 5 heteroatoms. The van der Waals surface area contributed by atoms with Crippen LogP contribution in [0.4, 0.5) is 22.7 Å². The average molecular weight is 251 g/mol. The highest BCUT2D eigenvalue weighted by atomic mass is 35.5. The minimum Gasteiger partial charge on any atom is -0.399 e. The van der Waals surface area contributed by atoms with Crippen LogP contribution in [-0.2, 0) is 0 Å². The van der Waals surface area contributed by atoms with Gasteiger partial charge in [0.2, 0.25) is 0 Å². The third-order valence-electron chi connectivity index (χ3n) is 1.94. The van der Waals surface area contributed by atoms with Crippen molar-refractivity contribution in [1.29, 1.82) is 0 Å². The van der Waals surface area contributed by atoms with E-state index in [9.17, 15) is 0 Å². The van der Waals surface area contributed by atoms with Crippen LogP contribution in [0.5, 0.6) is 0 Å². The molecule has 2 rings (SSSR count). The topological polar surface area (TPSA) is 104 Å². The SMILES string of the molecule is Nc1ccc(N)c(Cl)c1.Nc1cccc(N)c1. The number of nitrogens with two attached hydrogens (primary N) is 4. The summed E-state index contributed by atoms with van der Waals surface area (Å²) >= 11 is 5.61. The zero-order chi connectivity index (χ0) is 12.8. The molecule has 0 bridgehead atoms. The quantitative estimate of drug-likeness (QED) is 0.539. The molecule has 4 nitrogen and oxygen atoms in total. The van der Waals surface area contributed by atoms with Gasteiger partial charge in [-0.3, -0.25) is 0 Å². The Bertz CT molecular complexity index is 482. The van der Waals surface area contributed by atoms with Crippen LogP contribution in [0.3, 0.4) is 0 Å². The van der Waals surface area contributed by atoms with E-state index in [4.69, 9.17) is 34.5 Å². The molecule has 0 saturated heterocycles. The lowest BCUT2D eigenvalue weighted by Gasteiger charge is -1.96. The van der Waals surface area contributed by atoms with E-state index in [1.807, 2.05) is 6.07 Å². The Morgan fingerprint density at radius 1 is 0.706 bits per heavy atom. The zero-order valence-electron chi connectivity index (χ0n) is 9.23. The van der Waals surface area contributed by atoms with Crippen molar-refractivity contribution in [2.45, 2.75) is 0 Å². The summed E-state index contributed by atoms with van der Waals surface area (Å²) in [6, 6.07) is 12.2. The largest absolute Gasteiger partial charge is 0.399 e. The van der Waals surface area contributed by atoms with E-state index in [1.165, 1.54) is 0 Å². The number of halogens is 1. The number of rotatable bonds is 0. The maximum atomic E-state index is 5.61. The maximum Gasteiger partial charge on any atom is 0.0655 e. The Morgan fingerprint density at radius 3 is 1.59 bits per heavy atom. The molecule has 0 radical (unpaired) electrons. The molecule has 0 spiro atoms. The van der Waals surface area contributed by atoms with Crippen molar-refractivity contribution in [3.05, 3.63) is 47.5 Å².